The minimum atomic E-state index is -0.654. The summed E-state index contributed by atoms with van der Waals surface area (Å²) >= 11 is 0. The van der Waals surface area contributed by atoms with E-state index in [4.69, 9.17) is 4.74 Å². The number of nitrogens with one attached hydrogen (secondary N) is 2. The highest BCUT2D eigenvalue weighted by Gasteiger charge is 2.16. The molecule has 0 aliphatic carbocycles. The third kappa shape index (κ3) is 4.59. The molecule has 148 valence electrons. The number of hydrogen-bond acceptors (Lipinski definition) is 5. The first kappa shape index (κ1) is 20.0. The van der Waals surface area contributed by atoms with Gasteiger partial charge in [-0.25, -0.2) is 0 Å². The topological polar surface area (TPSA) is 108 Å². The Balaban J connectivity index is 1.77. The maximum Gasteiger partial charge on any atom is 0.263 e. The molecule has 0 spiro atoms. The molecule has 0 bridgehead atoms. The average molecular weight is 392 g/mol. The van der Waals surface area contributed by atoms with Crippen LogP contribution in [0.1, 0.15) is 26.3 Å². The van der Waals surface area contributed by atoms with Crippen LogP contribution >= 0.6 is 0 Å². The zero-order chi connectivity index (χ0) is 20.8. The monoisotopic (exact) mass is 392 g/mol. The summed E-state index contributed by atoms with van der Waals surface area (Å²) in [5.74, 6) is -1.18. The van der Waals surface area contributed by atoms with Crippen molar-refractivity contribution in [2.75, 3.05) is 20.3 Å². The van der Waals surface area contributed by atoms with Crippen molar-refractivity contribution in [2.45, 2.75) is 0 Å². The molecule has 1 heterocycles. The number of amides is 1. The van der Waals surface area contributed by atoms with Gasteiger partial charge in [-0.15, -0.1) is 0 Å². The predicted molar refractivity (Wildman–Crippen MR) is 110 cm³/mol. The number of carbonyl (C=O) groups is 2. The van der Waals surface area contributed by atoms with E-state index >= 15 is 0 Å². The SMILES string of the molecule is COCCNC(=O)c1ccc(/C=C/C(=O)c2c(O)c3ccccc3[nH]c2=O)cc1. The van der Waals surface area contributed by atoms with Crippen LogP contribution in [0.15, 0.2) is 59.4 Å². The van der Waals surface area contributed by atoms with Crippen molar-refractivity contribution in [2.24, 2.45) is 0 Å². The molecular formula is C22H20N2O5. The van der Waals surface area contributed by atoms with Crippen molar-refractivity contribution in [3.8, 4) is 5.75 Å². The van der Waals surface area contributed by atoms with Crippen molar-refractivity contribution >= 4 is 28.7 Å². The number of methoxy groups -OCH3 is 1. The number of para-hydroxylation sites is 1. The molecule has 0 aliphatic heterocycles. The highest BCUT2D eigenvalue weighted by atomic mass is 16.5. The Morgan fingerprint density at radius 3 is 2.59 bits per heavy atom. The van der Waals surface area contributed by atoms with E-state index in [1.165, 1.54) is 12.2 Å². The highest BCUT2D eigenvalue weighted by Crippen LogP contribution is 2.25. The fourth-order valence-corrected chi connectivity index (χ4v) is 2.82. The first-order valence-electron chi connectivity index (χ1n) is 8.95. The highest BCUT2D eigenvalue weighted by molar-refractivity contribution is 6.11. The number of carbonyl (C=O) groups excluding carboxylic acids is 2. The lowest BCUT2D eigenvalue weighted by molar-refractivity contribution is 0.0936. The second-order valence-corrected chi connectivity index (χ2v) is 6.29. The van der Waals surface area contributed by atoms with E-state index < -0.39 is 11.3 Å². The molecule has 0 aliphatic rings. The first-order chi connectivity index (χ1) is 14.0. The van der Waals surface area contributed by atoms with E-state index in [2.05, 4.69) is 10.3 Å². The van der Waals surface area contributed by atoms with Gasteiger partial charge in [0.05, 0.1) is 12.1 Å². The van der Waals surface area contributed by atoms with Crippen molar-refractivity contribution in [3.05, 3.63) is 81.7 Å². The molecule has 0 saturated carbocycles. The lowest BCUT2D eigenvalue weighted by atomic mass is 10.1. The Morgan fingerprint density at radius 2 is 1.86 bits per heavy atom. The summed E-state index contributed by atoms with van der Waals surface area (Å²) in [5, 5.41) is 13.5. The van der Waals surface area contributed by atoms with Gasteiger partial charge in [-0.2, -0.15) is 0 Å². The van der Waals surface area contributed by atoms with E-state index in [0.29, 0.717) is 35.2 Å². The number of allylic oxidation sites excluding steroid dienone is 1. The number of ketones is 1. The fraction of sp³-hybridized carbons (Fsp3) is 0.136. The van der Waals surface area contributed by atoms with Gasteiger partial charge >= 0.3 is 0 Å². The Kier molecular flexibility index (Phi) is 6.21. The van der Waals surface area contributed by atoms with Gasteiger partial charge in [0.25, 0.3) is 11.5 Å². The van der Waals surface area contributed by atoms with Crippen molar-refractivity contribution in [1.29, 1.82) is 0 Å². The van der Waals surface area contributed by atoms with Gasteiger partial charge in [0.2, 0.25) is 0 Å². The molecule has 3 aromatic rings. The largest absolute Gasteiger partial charge is 0.506 e. The van der Waals surface area contributed by atoms with E-state index in [9.17, 15) is 19.5 Å². The van der Waals surface area contributed by atoms with Gasteiger partial charge in [-0.3, -0.25) is 14.4 Å². The molecule has 0 saturated heterocycles. The zero-order valence-electron chi connectivity index (χ0n) is 15.8. The Morgan fingerprint density at radius 1 is 1.14 bits per heavy atom. The van der Waals surface area contributed by atoms with E-state index in [-0.39, 0.29) is 17.2 Å². The van der Waals surface area contributed by atoms with Crippen LogP contribution in [0.2, 0.25) is 0 Å². The summed E-state index contributed by atoms with van der Waals surface area (Å²) in [7, 11) is 1.56. The zero-order valence-corrected chi connectivity index (χ0v) is 15.8. The van der Waals surface area contributed by atoms with Gasteiger partial charge in [-0.05, 0) is 35.9 Å². The molecule has 7 nitrogen and oxygen atoms in total. The van der Waals surface area contributed by atoms with Crippen LogP contribution in [-0.4, -0.2) is 42.0 Å². The lowest BCUT2D eigenvalue weighted by Gasteiger charge is -2.05. The van der Waals surface area contributed by atoms with Crippen LogP contribution in [0.5, 0.6) is 5.75 Å². The van der Waals surface area contributed by atoms with Crippen LogP contribution in [-0.2, 0) is 4.74 Å². The minimum absolute atomic E-state index is 0.221. The average Bonchev–Trinajstić information content (AvgIpc) is 2.72. The quantitative estimate of drug-likeness (QED) is 0.325. The smallest absolute Gasteiger partial charge is 0.263 e. The van der Waals surface area contributed by atoms with Crippen molar-refractivity contribution < 1.29 is 19.4 Å². The summed E-state index contributed by atoms with van der Waals surface area (Å²) in [6.07, 6.45) is 2.73. The van der Waals surface area contributed by atoms with Crippen molar-refractivity contribution in [1.82, 2.24) is 10.3 Å². The number of benzene rings is 2. The number of pyridine rings is 1. The molecule has 29 heavy (non-hydrogen) atoms. The van der Waals surface area contributed by atoms with Gasteiger partial charge in [0, 0.05) is 24.6 Å². The Hall–Kier alpha value is -3.71. The molecule has 3 N–H and O–H groups in total. The number of ether oxygens (including phenoxy) is 1. The summed E-state index contributed by atoms with van der Waals surface area (Å²) in [5.41, 5.74) is 0.639. The maximum absolute atomic E-state index is 12.5. The molecule has 3 rings (SSSR count). The molecule has 1 amide bonds. The molecule has 0 unspecified atom stereocenters. The van der Waals surface area contributed by atoms with Crippen LogP contribution in [0.3, 0.4) is 0 Å². The summed E-state index contributed by atoms with van der Waals surface area (Å²) in [6, 6.07) is 13.3. The molecule has 7 heteroatoms. The number of aromatic hydroxyl groups is 1. The molecule has 0 fully saturated rings. The van der Waals surface area contributed by atoms with Gasteiger partial charge < -0.3 is 20.1 Å². The number of fused-ring (bicyclic) bond motifs is 1. The summed E-state index contributed by atoms with van der Waals surface area (Å²) in [6.45, 7) is 0.838. The first-order valence-corrected chi connectivity index (χ1v) is 8.95. The van der Waals surface area contributed by atoms with Gasteiger partial charge in [0.15, 0.2) is 5.78 Å². The summed E-state index contributed by atoms with van der Waals surface area (Å²) in [4.78, 5) is 39.2. The van der Waals surface area contributed by atoms with Crippen LogP contribution in [0.4, 0.5) is 0 Å². The van der Waals surface area contributed by atoms with Gasteiger partial charge in [-0.1, -0.05) is 30.3 Å². The maximum atomic E-state index is 12.5. The van der Waals surface area contributed by atoms with E-state index in [0.717, 1.165) is 0 Å². The Bertz CT molecular complexity index is 1130. The van der Waals surface area contributed by atoms with Gasteiger partial charge in [0.1, 0.15) is 11.3 Å². The van der Waals surface area contributed by atoms with Crippen LogP contribution < -0.4 is 10.9 Å². The lowest BCUT2D eigenvalue weighted by Crippen LogP contribution is -2.26. The number of aromatic nitrogens is 1. The molecule has 2 aromatic carbocycles. The van der Waals surface area contributed by atoms with E-state index in [1.54, 1.807) is 55.6 Å². The second kappa shape index (κ2) is 8.99. The third-order valence-corrected chi connectivity index (χ3v) is 4.33. The van der Waals surface area contributed by atoms with E-state index in [1.807, 2.05) is 0 Å². The molecule has 0 atom stereocenters. The number of hydrogen-bond donors (Lipinski definition) is 3. The second-order valence-electron chi connectivity index (χ2n) is 6.29. The number of H-pyrrole nitrogens is 1. The Labute approximate surface area is 166 Å². The molecule has 1 aromatic heterocycles. The van der Waals surface area contributed by atoms with Crippen LogP contribution in [0.25, 0.3) is 17.0 Å². The minimum Gasteiger partial charge on any atom is -0.506 e. The van der Waals surface area contributed by atoms with Crippen LogP contribution in [0, 0.1) is 0 Å². The summed E-state index contributed by atoms with van der Waals surface area (Å²) < 4.78 is 4.88. The fourth-order valence-electron chi connectivity index (χ4n) is 2.82. The number of aromatic amines is 1. The molecule has 0 radical (unpaired) electrons. The normalized spacial score (nSPS) is 11.1. The predicted octanol–water partition coefficient (Wildman–Crippen LogP) is 2.51. The van der Waals surface area contributed by atoms with Crippen molar-refractivity contribution in [3.63, 3.8) is 0 Å². The number of rotatable bonds is 7. The third-order valence-electron chi connectivity index (χ3n) is 4.33. The standard InChI is InChI=1S/C22H20N2O5/c1-29-13-12-23-21(27)15-9-6-14(7-10-15)8-11-18(25)19-20(26)16-4-2-3-5-17(16)24-22(19)28/h2-11H,12-13H2,1H3,(H,23,27)(H2,24,26,28)/b11-8+. The molecular weight excluding hydrogens is 372 g/mol.